The number of hydrogen-bond donors (Lipinski definition) is 4. The molecule has 0 unspecified atom stereocenters. The molecule has 0 atom stereocenters. The van der Waals surface area contributed by atoms with Crippen LogP contribution in [-0.4, -0.2) is 91.5 Å². The zero-order chi connectivity index (χ0) is 30.0. The first-order chi connectivity index (χ1) is 18.9. The second kappa shape index (κ2) is 19.0. The van der Waals surface area contributed by atoms with Gasteiger partial charge in [0.05, 0.1) is 33.5 Å². The van der Waals surface area contributed by atoms with Gasteiger partial charge in [-0.2, -0.15) is 8.42 Å². The SMILES string of the molecule is COC(=O)COCCc1cc(COC(=O)NCCOCCN)ccc1OS(=O)(=O)OCC(C)(C)CCNC(=O)O.[Fm]. The molecule has 0 saturated carbocycles. The Morgan fingerprint density at radius 3 is 2.44 bits per heavy atom. The van der Waals surface area contributed by atoms with Crippen LogP contribution in [0.25, 0.3) is 0 Å². The molecule has 5 N–H and O–H groups in total. The van der Waals surface area contributed by atoms with Gasteiger partial charge in [0.25, 0.3) is 0 Å². The van der Waals surface area contributed by atoms with Crippen molar-refractivity contribution in [1.29, 1.82) is 0 Å². The number of hydrogen-bond acceptors (Lipinski definition) is 12. The van der Waals surface area contributed by atoms with Crippen molar-refractivity contribution in [3.63, 3.8) is 0 Å². The number of esters is 1. The monoisotopic (exact) mass is 850 g/mol. The van der Waals surface area contributed by atoms with E-state index in [0.717, 1.165) is 0 Å². The van der Waals surface area contributed by atoms with Gasteiger partial charge in [-0.15, -0.1) is 0 Å². The molecular formula is C24H39FmN3O12S. The van der Waals surface area contributed by atoms with E-state index in [0.29, 0.717) is 30.7 Å². The molecule has 0 spiro atoms. The molecule has 15 nitrogen and oxygen atoms in total. The molecule has 2 amide bonds. The van der Waals surface area contributed by atoms with Gasteiger partial charge in [0.1, 0.15) is 19.0 Å². The van der Waals surface area contributed by atoms with Gasteiger partial charge in [0, 0.05) is 19.6 Å². The van der Waals surface area contributed by atoms with E-state index in [1.807, 2.05) is 0 Å². The molecule has 17 heteroatoms. The van der Waals surface area contributed by atoms with Crippen molar-refractivity contribution in [2.45, 2.75) is 33.3 Å². The Morgan fingerprint density at radius 2 is 1.78 bits per heavy atom. The second-order valence-corrected chi connectivity index (χ2v) is 10.3. The summed E-state index contributed by atoms with van der Waals surface area (Å²) in [5, 5.41) is 13.4. The Hall–Kier alpha value is -4.18. The van der Waals surface area contributed by atoms with Crippen molar-refractivity contribution in [2.75, 3.05) is 59.8 Å². The predicted octanol–water partition coefficient (Wildman–Crippen LogP) is 0.944. The van der Waals surface area contributed by atoms with Crippen molar-refractivity contribution in [3.8, 4) is 5.75 Å². The van der Waals surface area contributed by atoms with Gasteiger partial charge >= 0.3 is 28.6 Å². The van der Waals surface area contributed by atoms with Crippen LogP contribution in [0.1, 0.15) is 31.4 Å². The Labute approximate surface area is 233 Å². The summed E-state index contributed by atoms with van der Waals surface area (Å²) >= 11 is 0. The molecule has 1 aromatic rings. The zero-order valence-corrected chi connectivity index (χ0v) is 26.4. The Morgan fingerprint density at radius 1 is 1.05 bits per heavy atom. The van der Waals surface area contributed by atoms with Gasteiger partial charge in [-0.3, -0.25) is 0 Å². The van der Waals surface area contributed by atoms with E-state index in [9.17, 15) is 22.8 Å². The molecule has 0 fully saturated rings. The predicted molar refractivity (Wildman–Crippen MR) is 141 cm³/mol. The number of rotatable bonds is 20. The number of carbonyl (C=O) groups is 3. The van der Waals surface area contributed by atoms with Gasteiger partial charge in [-0.05, 0) is 41.5 Å². The average molecular weight is 851 g/mol. The molecule has 1 rings (SSSR count). The third-order valence-electron chi connectivity index (χ3n) is 5.10. The van der Waals surface area contributed by atoms with E-state index in [1.54, 1.807) is 19.9 Å². The average Bonchev–Trinajstić information content (AvgIpc) is 2.89. The summed E-state index contributed by atoms with van der Waals surface area (Å²) in [5.74, 6) is -0.618. The maximum Gasteiger partial charge on any atom is 0.449 e. The summed E-state index contributed by atoms with van der Waals surface area (Å²) in [6, 6.07) is 4.48. The number of carbonyl (C=O) groups excluding carboxylic acids is 2. The molecule has 0 heterocycles. The molecule has 41 heavy (non-hydrogen) atoms. The number of alkyl carbamates (subject to hydrolysis) is 1. The van der Waals surface area contributed by atoms with Crippen LogP contribution in [0, 0.1) is 5.41 Å². The number of nitrogens with two attached hydrogens (primary N) is 1. The first kappa shape index (κ1) is 36.8. The molecule has 0 radical (unpaired) electrons. The molecule has 0 bridgehead atoms. The number of ether oxygens (including phenoxy) is 4. The Balaban J connectivity index is 0.0000160. The minimum atomic E-state index is -4.50. The van der Waals surface area contributed by atoms with Crippen LogP contribution in [0.15, 0.2) is 18.2 Å². The van der Waals surface area contributed by atoms with Crippen molar-refractivity contribution in [2.24, 2.45) is 11.1 Å². The summed E-state index contributed by atoms with van der Waals surface area (Å²) < 4.78 is 55.5. The minimum Gasteiger partial charge on any atom is -0.467 e. The van der Waals surface area contributed by atoms with Crippen LogP contribution in [0.2, 0.25) is 0 Å². The molecule has 0 saturated heterocycles. The molecule has 240 valence electrons. The first-order valence-corrected chi connectivity index (χ1v) is 13.7. The standard InChI is InChI=1S/C24H39N3O12S.Fm/c1-24(2,7-9-26-22(29)30)17-38-40(32,33)39-20-5-4-18(14-19(20)6-11-36-16-21(28)34-3)15-37-23(31)27-10-13-35-12-8-25;/h4-5,14,26H,6-13,15-17,25H2,1-3H3,(H,27,31)(H,29,30);. The van der Waals surface area contributed by atoms with E-state index in [1.165, 1.54) is 19.2 Å². The minimum absolute atomic E-state index is 0. The van der Waals surface area contributed by atoms with E-state index < -0.39 is 34.0 Å². The molecule has 0 aliphatic carbocycles. The van der Waals surface area contributed by atoms with Crippen LogP contribution in [0.4, 0.5) is 9.59 Å². The number of nitrogens with one attached hydrogen (secondary N) is 2. The summed E-state index contributed by atoms with van der Waals surface area (Å²) in [5.41, 5.74) is 5.57. The largest absolute Gasteiger partial charge is 0.467 e. The summed E-state index contributed by atoms with van der Waals surface area (Å²) in [7, 11) is -3.28. The van der Waals surface area contributed by atoms with Crippen LogP contribution < -0.4 is 20.6 Å². The second-order valence-electron chi connectivity index (χ2n) is 9.12. The smallest absolute Gasteiger partial charge is 0.449 e. The normalized spacial score (nSPS) is 11.2. The molecule has 0 aliphatic heterocycles. The zero-order valence-electron chi connectivity index (χ0n) is 23.2. The maximum atomic E-state index is 12.6. The van der Waals surface area contributed by atoms with Gasteiger partial charge < -0.3 is 44.6 Å². The van der Waals surface area contributed by atoms with E-state index >= 15 is 0 Å². The van der Waals surface area contributed by atoms with Crippen molar-refractivity contribution in [3.05, 3.63) is 29.3 Å². The van der Waals surface area contributed by atoms with Gasteiger partial charge in [-0.25, -0.2) is 18.6 Å². The fourth-order valence-corrected chi connectivity index (χ4v) is 3.85. The van der Waals surface area contributed by atoms with Gasteiger partial charge in [-0.1, -0.05) is 19.9 Å². The van der Waals surface area contributed by atoms with E-state index in [-0.39, 0.29) is 58.3 Å². The van der Waals surface area contributed by atoms with E-state index in [2.05, 4.69) is 15.4 Å². The topological polar surface area (TPSA) is 211 Å². The first-order valence-electron chi connectivity index (χ1n) is 12.4. The molecular weight excluding hydrogens is 811 g/mol. The van der Waals surface area contributed by atoms with Crippen LogP contribution in [0.5, 0.6) is 5.75 Å². The summed E-state index contributed by atoms with van der Waals surface area (Å²) in [4.78, 5) is 33.8. The summed E-state index contributed by atoms with van der Waals surface area (Å²) in [6.45, 7) is 4.17. The number of methoxy groups -OCH3 is 1. The number of benzene rings is 1. The third-order valence-corrected chi connectivity index (χ3v) is 5.89. The van der Waals surface area contributed by atoms with Gasteiger partial charge in [0.15, 0.2) is 0 Å². The van der Waals surface area contributed by atoms with Crippen LogP contribution in [0.3, 0.4) is 0 Å². The van der Waals surface area contributed by atoms with Crippen LogP contribution >= 0.6 is 0 Å². The van der Waals surface area contributed by atoms with Crippen LogP contribution in [-0.2, 0) is 51.4 Å². The molecule has 0 aliphatic rings. The quantitative estimate of drug-likeness (QED) is 0.107. The maximum absolute atomic E-state index is 12.6. The Bertz CT molecular complexity index is 1060. The van der Waals surface area contributed by atoms with Crippen molar-refractivity contribution < 1.29 is 55.2 Å². The molecule has 0 aromatic heterocycles. The Kier molecular flexibility index (Phi) is 17.1. The van der Waals surface area contributed by atoms with Crippen molar-refractivity contribution in [1.82, 2.24) is 10.6 Å². The third kappa shape index (κ3) is 17.2. The fraction of sp³-hybridized carbons (Fsp3) is 0.625. The van der Waals surface area contributed by atoms with E-state index in [4.69, 9.17) is 33.4 Å². The number of carboxylic acid groups (broad SMARTS) is 1. The summed E-state index contributed by atoms with van der Waals surface area (Å²) in [6.07, 6.45) is -1.39. The molecule has 1 aromatic carbocycles. The number of amides is 2. The fourth-order valence-electron chi connectivity index (χ4n) is 2.95. The van der Waals surface area contributed by atoms with Gasteiger partial charge in [0.2, 0.25) is 0 Å². The van der Waals surface area contributed by atoms with Crippen molar-refractivity contribution >= 4 is 28.6 Å².